The Bertz CT molecular complexity index is 403. The Morgan fingerprint density at radius 1 is 1.14 bits per heavy atom. The van der Waals surface area contributed by atoms with Crippen molar-refractivity contribution in [1.82, 2.24) is 15.2 Å². The molecule has 0 saturated heterocycles. The van der Waals surface area contributed by atoms with Crippen LogP contribution in [0, 0.1) is 0 Å². The van der Waals surface area contributed by atoms with Crippen LogP contribution in [0.5, 0.6) is 0 Å². The number of hydrogen-bond acceptors (Lipinski definition) is 4. The molecule has 21 heavy (non-hydrogen) atoms. The molecule has 0 amide bonds. The topological polar surface area (TPSA) is 28.2 Å². The second-order valence-electron chi connectivity index (χ2n) is 6.58. The van der Waals surface area contributed by atoms with E-state index in [2.05, 4.69) is 51.8 Å². The Hall–Kier alpha value is -0.450. The first-order valence-corrected chi connectivity index (χ1v) is 9.16. The van der Waals surface area contributed by atoms with Crippen LogP contribution in [-0.4, -0.2) is 36.1 Å². The van der Waals surface area contributed by atoms with Crippen LogP contribution in [0.15, 0.2) is 0 Å². The lowest BCUT2D eigenvalue weighted by molar-refractivity contribution is 0.307. The van der Waals surface area contributed by atoms with Crippen LogP contribution in [0.1, 0.15) is 63.5 Å². The molecule has 0 aliphatic rings. The summed E-state index contributed by atoms with van der Waals surface area (Å²) in [6.45, 7) is 18.9. The van der Waals surface area contributed by atoms with Gasteiger partial charge in [0.05, 0.1) is 10.7 Å². The lowest BCUT2D eigenvalue weighted by Crippen LogP contribution is -2.25. The van der Waals surface area contributed by atoms with Crippen LogP contribution in [0.3, 0.4) is 0 Å². The number of hydrogen-bond donors (Lipinski definition) is 1. The average Bonchev–Trinajstić information content (AvgIpc) is 2.84. The van der Waals surface area contributed by atoms with E-state index in [9.17, 15) is 0 Å². The van der Waals surface area contributed by atoms with Crippen molar-refractivity contribution in [2.24, 2.45) is 0 Å². The molecule has 1 N–H and O–H groups in total. The summed E-state index contributed by atoms with van der Waals surface area (Å²) < 4.78 is 0. The normalized spacial score (nSPS) is 12.3. The highest BCUT2D eigenvalue weighted by atomic mass is 32.1. The van der Waals surface area contributed by atoms with Crippen molar-refractivity contribution < 1.29 is 0 Å². The minimum absolute atomic E-state index is 0.132. The lowest BCUT2D eigenvalue weighted by Gasteiger charge is -2.18. The largest absolute Gasteiger partial charge is 0.312 e. The zero-order valence-corrected chi connectivity index (χ0v) is 15.6. The Kier molecular flexibility index (Phi) is 7.85. The highest BCUT2D eigenvalue weighted by Crippen LogP contribution is 2.30. The van der Waals surface area contributed by atoms with E-state index < -0.39 is 0 Å². The molecule has 1 rings (SSSR count). The van der Waals surface area contributed by atoms with Crippen molar-refractivity contribution in [2.45, 2.75) is 66.3 Å². The van der Waals surface area contributed by atoms with Crippen molar-refractivity contribution >= 4 is 11.3 Å². The van der Waals surface area contributed by atoms with Crippen molar-refractivity contribution in [2.75, 3.05) is 26.2 Å². The summed E-state index contributed by atoms with van der Waals surface area (Å²) in [5, 5.41) is 4.82. The summed E-state index contributed by atoms with van der Waals surface area (Å²) in [7, 11) is 0. The van der Waals surface area contributed by atoms with E-state index in [0.29, 0.717) is 0 Å². The molecule has 0 aliphatic carbocycles. The first kappa shape index (κ1) is 18.6. The van der Waals surface area contributed by atoms with Crippen LogP contribution in [0.25, 0.3) is 0 Å². The predicted octanol–water partition coefficient (Wildman–Crippen LogP) is 3.82. The van der Waals surface area contributed by atoms with Gasteiger partial charge in [-0.1, -0.05) is 41.5 Å². The molecular formula is C17H33N3S. The van der Waals surface area contributed by atoms with Gasteiger partial charge in [-0.25, -0.2) is 4.98 Å². The van der Waals surface area contributed by atoms with Crippen molar-refractivity contribution in [3.05, 3.63) is 15.6 Å². The fraction of sp³-hybridized carbons (Fsp3) is 0.824. The molecule has 0 unspecified atom stereocenters. The molecule has 1 aromatic heterocycles. The Balaban J connectivity index is 2.77. The molecule has 1 aromatic rings. The van der Waals surface area contributed by atoms with Gasteiger partial charge in [-0.2, -0.15) is 0 Å². The van der Waals surface area contributed by atoms with Gasteiger partial charge in [0.1, 0.15) is 0 Å². The van der Waals surface area contributed by atoms with Gasteiger partial charge in [0.15, 0.2) is 0 Å². The fourth-order valence-corrected chi connectivity index (χ4v) is 3.62. The van der Waals surface area contributed by atoms with Gasteiger partial charge in [0.2, 0.25) is 0 Å². The lowest BCUT2D eigenvalue weighted by atomic mass is 9.91. The smallest absolute Gasteiger partial charge is 0.0944 e. The van der Waals surface area contributed by atoms with Gasteiger partial charge in [-0.15, -0.1) is 11.3 Å². The second kappa shape index (κ2) is 8.86. The van der Waals surface area contributed by atoms with Gasteiger partial charge < -0.3 is 10.2 Å². The third-order valence-electron chi connectivity index (χ3n) is 3.70. The van der Waals surface area contributed by atoms with Crippen LogP contribution >= 0.6 is 11.3 Å². The standard InChI is InChI=1S/C17H33N3S/c1-7-11-18-13-14-16(17(4,5)6)19-15(21-14)10-12-20(8-2)9-3/h18H,7-13H2,1-6H3. The molecule has 3 nitrogen and oxygen atoms in total. The third-order valence-corrected chi connectivity index (χ3v) is 4.82. The van der Waals surface area contributed by atoms with E-state index in [0.717, 1.165) is 39.1 Å². The highest BCUT2D eigenvalue weighted by molar-refractivity contribution is 7.11. The molecule has 0 fully saturated rings. The van der Waals surface area contributed by atoms with Gasteiger partial charge in [-0.05, 0) is 26.1 Å². The molecule has 0 aromatic carbocycles. The summed E-state index contributed by atoms with van der Waals surface area (Å²) in [5.74, 6) is 0. The minimum Gasteiger partial charge on any atom is -0.312 e. The molecule has 0 spiro atoms. The average molecular weight is 312 g/mol. The molecule has 122 valence electrons. The van der Waals surface area contributed by atoms with Crippen LogP contribution < -0.4 is 5.32 Å². The Morgan fingerprint density at radius 2 is 1.81 bits per heavy atom. The van der Waals surface area contributed by atoms with Crippen molar-refractivity contribution in [3.8, 4) is 0 Å². The van der Waals surface area contributed by atoms with Gasteiger partial charge in [0.25, 0.3) is 0 Å². The summed E-state index contributed by atoms with van der Waals surface area (Å²) in [6, 6.07) is 0. The maximum absolute atomic E-state index is 4.95. The summed E-state index contributed by atoms with van der Waals surface area (Å²) in [4.78, 5) is 8.84. The Labute approximate surface area is 135 Å². The molecule has 0 radical (unpaired) electrons. The van der Waals surface area contributed by atoms with Crippen molar-refractivity contribution in [3.63, 3.8) is 0 Å². The second-order valence-corrected chi connectivity index (χ2v) is 7.75. The monoisotopic (exact) mass is 311 g/mol. The van der Waals surface area contributed by atoms with E-state index in [1.54, 1.807) is 0 Å². The van der Waals surface area contributed by atoms with E-state index in [1.807, 2.05) is 11.3 Å². The molecule has 4 heteroatoms. The third kappa shape index (κ3) is 6.05. The number of thiazole rings is 1. The fourth-order valence-electron chi connectivity index (χ4n) is 2.39. The molecule has 0 aliphatic heterocycles. The molecule has 0 bridgehead atoms. The maximum atomic E-state index is 4.95. The SMILES string of the molecule is CCCNCc1sc(CCN(CC)CC)nc1C(C)(C)C. The predicted molar refractivity (Wildman–Crippen MR) is 94.3 cm³/mol. The summed E-state index contributed by atoms with van der Waals surface area (Å²) in [6.07, 6.45) is 2.25. The zero-order valence-electron chi connectivity index (χ0n) is 14.8. The minimum atomic E-state index is 0.132. The quantitative estimate of drug-likeness (QED) is 0.703. The number of nitrogens with one attached hydrogen (secondary N) is 1. The molecule has 0 saturated carbocycles. The summed E-state index contributed by atoms with van der Waals surface area (Å²) in [5.41, 5.74) is 1.42. The van der Waals surface area contributed by atoms with Crippen LogP contribution in [0.4, 0.5) is 0 Å². The Morgan fingerprint density at radius 3 is 2.33 bits per heavy atom. The van der Waals surface area contributed by atoms with E-state index in [4.69, 9.17) is 4.98 Å². The molecular weight excluding hydrogens is 278 g/mol. The van der Waals surface area contributed by atoms with E-state index >= 15 is 0 Å². The van der Waals surface area contributed by atoms with Gasteiger partial charge in [-0.3, -0.25) is 0 Å². The van der Waals surface area contributed by atoms with Crippen LogP contribution in [0.2, 0.25) is 0 Å². The first-order chi connectivity index (χ1) is 9.92. The van der Waals surface area contributed by atoms with Gasteiger partial charge in [0, 0.05) is 29.8 Å². The van der Waals surface area contributed by atoms with E-state index in [1.165, 1.54) is 22.0 Å². The zero-order chi connectivity index (χ0) is 15.9. The number of aromatic nitrogens is 1. The maximum Gasteiger partial charge on any atom is 0.0944 e. The molecule has 0 atom stereocenters. The summed E-state index contributed by atoms with van der Waals surface area (Å²) >= 11 is 1.90. The number of rotatable bonds is 9. The van der Waals surface area contributed by atoms with E-state index in [-0.39, 0.29) is 5.41 Å². The van der Waals surface area contributed by atoms with Crippen LogP contribution in [-0.2, 0) is 18.4 Å². The first-order valence-electron chi connectivity index (χ1n) is 8.34. The number of likely N-dealkylation sites (N-methyl/N-ethyl adjacent to an activating group) is 1. The molecule has 1 heterocycles. The van der Waals surface area contributed by atoms with Gasteiger partial charge >= 0.3 is 0 Å². The number of nitrogens with zero attached hydrogens (tertiary/aromatic N) is 2. The van der Waals surface area contributed by atoms with Crippen molar-refractivity contribution in [1.29, 1.82) is 0 Å². The highest BCUT2D eigenvalue weighted by Gasteiger charge is 2.23.